The standard InChI is InChI=1S/C30H28N2O/c1-5-23-11-8-9-20(2)30(23)32-21(3)17-26(22(32)4)19-31-27-15-13-24(14-16-27)29-18-25-10-6-7-12-28(25)33-29/h6-19H,5H2,1-4H3. The Kier molecular flexibility index (Phi) is 5.47. The molecule has 3 heteroatoms. The van der Waals surface area contributed by atoms with E-state index in [0.717, 1.165) is 40.0 Å². The maximum atomic E-state index is 5.98. The molecule has 0 radical (unpaired) electrons. The Morgan fingerprint density at radius 3 is 2.42 bits per heavy atom. The Labute approximate surface area is 195 Å². The number of nitrogens with zero attached hydrogens (tertiary/aromatic N) is 2. The molecule has 0 saturated carbocycles. The number of furan rings is 1. The van der Waals surface area contributed by atoms with Crippen LogP contribution in [0.5, 0.6) is 0 Å². The van der Waals surface area contributed by atoms with Gasteiger partial charge in [-0.05, 0) is 80.8 Å². The number of aromatic nitrogens is 1. The van der Waals surface area contributed by atoms with Gasteiger partial charge in [0.25, 0.3) is 0 Å². The van der Waals surface area contributed by atoms with Crippen molar-refractivity contribution in [3.63, 3.8) is 0 Å². The third-order valence-electron chi connectivity index (χ3n) is 6.33. The van der Waals surface area contributed by atoms with Crippen LogP contribution in [-0.2, 0) is 6.42 Å². The molecule has 2 aromatic heterocycles. The van der Waals surface area contributed by atoms with Crippen LogP contribution in [0.15, 0.2) is 88.3 Å². The molecular weight excluding hydrogens is 404 g/mol. The summed E-state index contributed by atoms with van der Waals surface area (Å²) in [5, 5.41) is 1.12. The highest BCUT2D eigenvalue weighted by Gasteiger charge is 2.14. The fraction of sp³-hybridized carbons (Fsp3) is 0.167. The third kappa shape index (κ3) is 3.91. The van der Waals surface area contributed by atoms with Crippen LogP contribution < -0.4 is 0 Å². The number of benzene rings is 3. The van der Waals surface area contributed by atoms with Crippen molar-refractivity contribution < 1.29 is 4.42 Å². The number of rotatable bonds is 5. The van der Waals surface area contributed by atoms with E-state index < -0.39 is 0 Å². The molecule has 0 fully saturated rings. The first-order valence-electron chi connectivity index (χ1n) is 11.5. The Morgan fingerprint density at radius 2 is 1.67 bits per heavy atom. The van der Waals surface area contributed by atoms with E-state index in [1.165, 1.54) is 28.2 Å². The van der Waals surface area contributed by atoms with Gasteiger partial charge in [-0.3, -0.25) is 4.99 Å². The summed E-state index contributed by atoms with van der Waals surface area (Å²) in [6, 6.07) is 27.1. The third-order valence-corrected chi connectivity index (χ3v) is 6.33. The molecule has 0 bridgehead atoms. The second kappa shape index (κ2) is 8.59. The highest BCUT2D eigenvalue weighted by molar-refractivity contribution is 5.85. The van der Waals surface area contributed by atoms with Crippen molar-refractivity contribution in [2.24, 2.45) is 4.99 Å². The van der Waals surface area contributed by atoms with Gasteiger partial charge in [-0.1, -0.05) is 43.3 Å². The Balaban J connectivity index is 1.43. The molecule has 2 heterocycles. The van der Waals surface area contributed by atoms with Crippen LogP contribution in [0.2, 0.25) is 0 Å². The summed E-state index contributed by atoms with van der Waals surface area (Å²) < 4.78 is 8.35. The fourth-order valence-corrected chi connectivity index (χ4v) is 4.57. The van der Waals surface area contributed by atoms with Gasteiger partial charge >= 0.3 is 0 Å². The van der Waals surface area contributed by atoms with Gasteiger partial charge in [-0.25, -0.2) is 0 Å². The number of hydrogen-bond donors (Lipinski definition) is 0. The van der Waals surface area contributed by atoms with E-state index in [4.69, 9.17) is 9.41 Å². The molecule has 0 amide bonds. The summed E-state index contributed by atoms with van der Waals surface area (Å²) in [7, 11) is 0. The molecular formula is C30H28N2O. The largest absolute Gasteiger partial charge is 0.456 e. The maximum Gasteiger partial charge on any atom is 0.135 e. The molecule has 0 aliphatic carbocycles. The van der Waals surface area contributed by atoms with Crippen LogP contribution in [-0.4, -0.2) is 10.8 Å². The van der Waals surface area contributed by atoms with Crippen LogP contribution in [0.3, 0.4) is 0 Å². The van der Waals surface area contributed by atoms with Crippen molar-refractivity contribution in [2.75, 3.05) is 0 Å². The minimum absolute atomic E-state index is 0.875. The predicted molar refractivity (Wildman–Crippen MR) is 138 cm³/mol. The lowest BCUT2D eigenvalue weighted by Gasteiger charge is -2.17. The van der Waals surface area contributed by atoms with Crippen molar-refractivity contribution in [2.45, 2.75) is 34.1 Å². The fourth-order valence-electron chi connectivity index (χ4n) is 4.57. The summed E-state index contributed by atoms with van der Waals surface area (Å²) in [4.78, 5) is 4.76. The van der Waals surface area contributed by atoms with E-state index in [0.29, 0.717) is 0 Å². The van der Waals surface area contributed by atoms with E-state index in [-0.39, 0.29) is 0 Å². The molecule has 0 spiro atoms. The van der Waals surface area contributed by atoms with E-state index in [2.05, 4.69) is 80.8 Å². The minimum Gasteiger partial charge on any atom is -0.456 e. The summed E-state index contributed by atoms with van der Waals surface area (Å²) in [5.41, 5.74) is 10.4. The van der Waals surface area contributed by atoms with E-state index in [9.17, 15) is 0 Å². The lowest BCUT2D eigenvalue weighted by atomic mass is 10.1. The van der Waals surface area contributed by atoms with E-state index in [1.807, 2.05) is 36.5 Å². The van der Waals surface area contributed by atoms with Crippen LogP contribution in [0.25, 0.3) is 28.0 Å². The summed E-state index contributed by atoms with van der Waals surface area (Å²) in [5.74, 6) is 0.875. The molecule has 0 atom stereocenters. The first-order chi connectivity index (χ1) is 16.0. The van der Waals surface area contributed by atoms with Crippen molar-refractivity contribution in [1.82, 2.24) is 4.57 Å². The van der Waals surface area contributed by atoms with E-state index in [1.54, 1.807) is 0 Å². The quantitative estimate of drug-likeness (QED) is 0.258. The smallest absolute Gasteiger partial charge is 0.135 e. The zero-order chi connectivity index (χ0) is 22.9. The van der Waals surface area contributed by atoms with Crippen molar-refractivity contribution in [3.8, 4) is 17.0 Å². The van der Waals surface area contributed by atoms with Crippen LogP contribution >= 0.6 is 0 Å². The van der Waals surface area contributed by atoms with Gasteiger partial charge in [0.1, 0.15) is 11.3 Å². The summed E-state index contributed by atoms with van der Waals surface area (Å²) in [6.07, 6.45) is 2.98. The summed E-state index contributed by atoms with van der Waals surface area (Å²) >= 11 is 0. The zero-order valence-corrected chi connectivity index (χ0v) is 19.6. The maximum absolute atomic E-state index is 5.98. The SMILES string of the molecule is CCc1cccc(C)c1-n1c(C)cc(C=Nc2ccc(-c3cc4ccccc4o3)cc2)c1C. The average molecular weight is 433 g/mol. The molecule has 3 aromatic carbocycles. The van der Waals surface area contributed by atoms with Crippen LogP contribution in [0.4, 0.5) is 5.69 Å². The minimum atomic E-state index is 0.875. The average Bonchev–Trinajstić information content (AvgIpc) is 3.38. The monoisotopic (exact) mass is 432 g/mol. The number of hydrogen-bond acceptors (Lipinski definition) is 2. The molecule has 0 unspecified atom stereocenters. The topological polar surface area (TPSA) is 30.4 Å². The molecule has 164 valence electrons. The highest BCUT2D eigenvalue weighted by Crippen LogP contribution is 2.30. The van der Waals surface area contributed by atoms with Gasteiger partial charge in [-0.2, -0.15) is 0 Å². The molecule has 33 heavy (non-hydrogen) atoms. The second-order valence-electron chi connectivity index (χ2n) is 8.55. The highest BCUT2D eigenvalue weighted by atomic mass is 16.3. The van der Waals surface area contributed by atoms with Crippen LogP contribution in [0.1, 0.15) is 35.0 Å². The van der Waals surface area contributed by atoms with Gasteiger partial charge in [-0.15, -0.1) is 0 Å². The molecule has 0 N–H and O–H groups in total. The zero-order valence-electron chi connectivity index (χ0n) is 19.6. The van der Waals surface area contributed by atoms with Gasteiger partial charge < -0.3 is 8.98 Å². The number of fused-ring (bicyclic) bond motifs is 1. The Hall–Kier alpha value is -3.85. The summed E-state index contributed by atoms with van der Waals surface area (Å²) in [6.45, 7) is 8.73. The first-order valence-corrected chi connectivity index (χ1v) is 11.5. The van der Waals surface area contributed by atoms with Gasteiger partial charge in [0, 0.05) is 34.1 Å². The number of para-hydroxylation sites is 2. The molecule has 5 rings (SSSR count). The van der Waals surface area contributed by atoms with Crippen molar-refractivity contribution in [3.05, 3.63) is 107 Å². The Bertz CT molecular complexity index is 1430. The Morgan fingerprint density at radius 1 is 0.879 bits per heavy atom. The normalized spacial score (nSPS) is 11.6. The molecule has 0 aliphatic heterocycles. The van der Waals surface area contributed by atoms with Gasteiger partial charge in [0.05, 0.1) is 11.4 Å². The first kappa shape index (κ1) is 21.0. The van der Waals surface area contributed by atoms with Gasteiger partial charge in [0.15, 0.2) is 0 Å². The van der Waals surface area contributed by atoms with E-state index >= 15 is 0 Å². The molecule has 5 aromatic rings. The predicted octanol–water partition coefficient (Wildman–Crippen LogP) is 8.13. The lowest BCUT2D eigenvalue weighted by Crippen LogP contribution is -2.05. The number of aryl methyl sites for hydroxylation is 3. The molecule has 0 saturated heterocycles. The van der Waals surface area contributed by atoms with Gasteiger partial charge in [0.2, 0.25) is 0 Å². The van der Waals surface area contributed by atoms with Crippen molar-refractivity contribution in [1.29, 1.82) is 0 Å². The molecule has 3 nitrogen and oxygen atoms in total. The lowest BCUT2D eigenvalue weighted by molar-refractivity contribution is 0.631. The number of aliphatic imine (C=N–C) groups is 1. The van der Waals surface area contributed by atoms with Crippen molar-refractivity contribution >= 4 is 22.9 Å². The van der Waals surface area contributed by atoms with Crippen LogP contribution in [0, 0.1) is 20.8 Å². The molecule has 0 aliphatic rings. The second-order valence-corrected chi connectivity index (χ2v) is 8.55.